The molecule has 1 heterocycles. The Labute approximate surface area is 122 Å². The quantitative estimate of drug-likeness (QED) is 0.861. The molecule has 0 saturated carbocycles. The van der Waals surface area contributed by atoms with Crippen LogP contribution in [-0.4, -0.2) is 22.9 Å². The summed E-state index contributed by atoms with van der Waals surface area (Å²) in [6.07, 6.45) is 3.48. The number of methoxy groups -OCH3 is 1. The van der Waals surface area contributed by atoms with Crippen LogP contribution in [0.1, 0.15) is 18.5 Å². The monoisotopic (exact) mass is 293 g/mol. The minimum absolute atomic E-state index is 0.365. The van der Waals surface area contributed by atoms with E-state index in [9.17, 15) is 4.79 Å². The largest absolute Gasteiger partial charge is 0.467 e. The van der Waals surface area contributed by atoms with Crippen LogP contribution in [0.25, 0.3) is 0 Å². The molecule has 106 valence electrons. The summed E-state index contributed by atoms with van der Waals surface area (Å²) in [5.41, 5.74) is 1.54. The molecule has 0 aliphatic heterocycles. The van der Waals surface area contributed by atoms with Crippen LogP contribution in [0.15, 0.2) is 36.7 Å². The van der Waals surface area contributed by atoms with E-state index in [-0.39, 0.29) is 5.97 Å². The van der Waals surface area contributed by atoms with Gasteiger partial charge in [-0.25, -0.2) is 4.79 Å². The number of aromatic nitrogens is 2. The average Bonchev–Trinajstić information content (AvgIpc) is 2.94. The zero-order chi connectivity index (χ0) is 14.5. The molecule has 2 aromatic rings. The molecule has 5 nitrogen and oxygen atoms in total. The zero-order valence-corrected chi connectivity index (χ0v) is 12.1. The number of nitrogens with one attached hydrogen (secondary N) is 1. The minimum Gasteiger partial charge on any atom is -0.467 e. The second-order valence-electron chi connectivity index (χ2n) is 4.24. The second kappa shape index (κ2) is 6.43. The van der Waals surface area contributed by atoms with Crippen LogP contribution in [0.3, 0.4) is 0 Å². The van der Waals surface area contributed by atoms with Crippen molar-refractivity contribution in [3.05, 3.63) is 47.2 Å². The van der Waals surface area contributed by atoms with Gasteiger partial charge in [0.15, 0.2) is 6.04 Å². The fraction of sp³-hybridized carbons (Fsp3) is 0.286. The fourth-order valence-corrected chi connectivity index (χ4v) is 1.94. The third-order valence-electron chi connectivity index (χ3n) is 2.90. The Balaban J connectivity index is 2.23. The van der Waals surface area contributed by atoms with E-state index in [0.717, 1.165) is 17.8 Å². The number of rotatable bonds is 5. The van der Waals surface area contributed by atoms with Crippen molar-refractivity contribution in [2.45, 2.75) is 19.5 Å². The summed E-state index contributed by atoms with van der Waals surface area (Å²) in [6.45, 7) is 2.73. The van der Waals surface area contributed by atoms with Crippen LogP contribution in [0.2, 0.25) is 5.02 Å². The van der Waals surface area contributed by atoms with Gasteiger partial charge >= 0.3 is 5.97 Å². The lowest BCUT2D eigenvalue weighted by Crippen LogP contribution is -2.22. The van der Waals surface area contributed by atoms with E-state index in [0.29, 0.717) is 5.02 Å². The molecule has 1 unspecified atom stereocenters. The Morgan fingerprint density at radius 2 is 2.15 bits per heavy atom. The summed E-state index contributed by atoms with van der Waals surface area (Å²) >= 11 is 5.84. The van der Waals surface area contributed by atoms with Gasteiger partial charge in [-0.15, -0.1) is 0 Å². The summed E-state index contributed by atoms with van der Waals surface area (Å²) < 4.78 is 6.60. The number of hydrogen-bond donors (Lipinski definition) is 1. The zero-order valence-electron chi connectivity index (χ0n) is 11.3. The topological polar surface area (TPSA) is 56.2 Å². The normalized spacial score (nSPS) is 11.9. The highest BCUT2D eigenvalue weighted by Gasteiger charge is 2.22. The Morgan fingerprint density at radius 3 is 2.70 bits per heavy atom. The van der Waals surface area contributed by atoms with Crippen molar-refractivity contribution in [1.29, 1.82) is 0 Å². The first kappa shape index (κ1) is 14.4. The molecule has 0 spiro atoms. The van der Waals surface area contributed by atoms with E-state index < -0.39 is 6.04 Å². The van der Waals surface area contributed by atoms with Gasteiger partial charge in [-0.2, -0.15) is 5.10 Å². The summed E-state index contributed by atoms with van der Waals surface area (Å²) in [5.74, 6) is -0.365. The van der Waals surface area contributed by atoms with Crippen LogP contribution in [0.5, 0.6) is 0 Å². The first-order valence-electron chi connectivity index (χ1n) is 6.26. The molecule has 20 heavy (non-hydrogen) atoms. The molecule has 1 aromatic heterocycles. The molecule has 1 atom stereocenters. The van der Waals surface area contributed by atoms with Gasteiger partial charge in [-0.05, 0) is 31.2 Å². The van der Waals surface area contributed by atoms with E-state index >= 15 is 0 Å². The van der Waals surface area contributed by atoms with Gasteiger partial charge in [0.25, 0.3) is 0 Å². The maximum Gasteiger partial charge on any atom is 0.333 e. The van der Waals surface area contributed by atoms with Gasteiger partial charge in [-0.1, -0.05) is 11.6 Å². The van der Waals surface area contributed by atoms with E-state index in [1.165, 1.54) is 7.11 Å². The standard InChI is InChI=1S/C14H16ClN3O2/c1-3-18-9-10(8-16-18)13(14(19)20-2)17-12-6-4-11(15)5-7-12/h4-9,13,17H,3H2,1-2H3. The van der Waals surface area contributed by atoms with Gasteiger partial charge in [-0.3, -0.25) is 4.68 Å². The molecule has 0 amide bonds. The van der Waals surface area contributed by atoms with E-state index in [4.69, 9.17) is 16.3 Å². The van der Waals surface area contributed by atoms with Crippen molar-refractivity contribution < 1.29 is 9.53 Å². The lowest BCUT2D eigenvalue weighted by atomic mass is 10.1. The smallest absolute Gasteiger partial charge is 0.333 e. The van der Waals surface area contributed by atoms with Gasteiger partial charge in [0.1, 0.15) is 0 Å². The number of carbonyl (C=O) groups excluding carboxylic acids is 1. The molecule has 0 aliphatic rings. The number of esters is 1. The SMILES string of the molecule is CCn1cc(C(Nc2ccc(Cl)cc2)C(=O)OC)cn1. The summed E-state index contributed by atoms with van der Waals surface area (Å²) in [6, 6.07) is 6.54. The van der Waals surface area contributed by atoms with Crippen LogP contribution in [0, 0.1) is 0 Å². The highest BCUT2D eigenvalue weighted by Crippen LogP contribution is 2.22. The molecular formula is C14H16ClN3O2. The van der Waals surface area contributed by atoms with Crippen molar-refractivity contribution in [2.24, 2.45) is 0 Å². The van der Waals surface area contributed by atoms with Crippen molar-refractivity contribution in [3.63, 3.8) is 0 Å². The van der Waals surface area contributed by atoms with E-state index in [1.807, 2.05) is 25.3 Å². The van der Waals surface area contributed by atoms with Gasteiger partial charge in [0, 0.05) is 29.0 Å². The fourth-order valence-electron chi connectivity index (χ4n) is 1.81. The third-order valence-corrected chi connectivity index (χ3v) is 3.15. The average molecular weight is 294 g/mol. The maximum absolute atomic E-state index is 11.9. The van der Waals surface area contributed by atoms with Crippen molar-refractivity contribution >= 4 is 23.3 Å². The lowest BCUT2D eigenvalue weighted by Gasteiger charge is -2.16. The summed E-state index contributed by atoms with van der Waals surface area (Å²) in [7, 11) is 1.36. The predicted octanol–water partition coefficient (Wildman–Crippen LogP) is 2.88. The Bertz CT molecular complexity index is 580. The van der Waals surface area contributed by atoms with Crippen LogP contribution in [0.4, 0.5) is 5.69 Å². The lowest BCUT2D eigenvalue weighted by molar-refractivity contribution is -0.141. The predicted molar refractivity (Wildman–Crippen MR) is 77.7 cm³/mol. The number of nitrogens with zero attached hydrogens (tertiary/aromatic N) is 2. The van der Waals surface area contributed by atoms with Crippen LogP contribution < -0.4 is 5.32 Å². The first-order valence-corrected chi connectivity index (χ1v) is 6.64. The number of ether oxygens (including phenoxy) is 1. The molecular weight excluding hydrogens is 278 g/mol. The Hall–Kier alpha value is -2.01. The molecule has 6 heteroatoms. The van der Waals surface area contributed by atoms with Gasteiger partial charge in [0.05, 0.1) is 13.3 Å². The van der Waals surface area contributed by atoms with E-state index in [2.05, 4.69) is 10.4 Å². The summed E-state index contributed by atoms with van der Waals surface area (Å²) in [5, 5.41) is 7.94. The van der Waals surface area contributed by atoms with Gasteiger partial charge in [0.2, 0.25) is 0 Å². The molecule has 1 aromatic carbocycles. The summed E-state index contributed by atoms with van der Waals surface area (Å²) in [4.78, 5) is 11.9. The molecule has 1 N–H and O–H groups in total. The molecule has 0 bridgehead atoms. The number of aryl methyl sites for hydroxylation is 1. The molecule has 0 saturated heterocycles. The second-order valence-corrected chi connectivity index (χ2v) is 4.67. The van der Waals surface area contributed by atoms with E-state index in [1.54, 1.807) is 23.0 Å². The number of carbonyl (C=O) groups is 1. The number of benzene rings is 1. The highest BCUT2D eigenvalue weighted by atomic mass is 35.5. The number of halogens is 1. The molecule has 0 fully saturated rings. The number of anilines is 1. The van der Waals surface area contributed by atoms with Crippen LogP contribution in [-0.2, 0) is 16.1 Å². The van der Waals surface area contributed by atoms with Crippen LogP contribution >= 0.6 is 11.6 Å². The maximum atomic E-state index is 11.9. The Kier molecular flexibility index (Phi) is 4.63. The molecule has 0 aliphatic carbocycles. The minimum atomic E-state index is -0.596. The van der Waals surface area contributed by atoms with Gasteiger partial charge < -0.3 is 10.1 Å². The third kappa shape index (κ3) is 3.30. The van der Waals surface area contributed by atoms with Crippen molar-refractivity contribution in [3.8, 4) is 0 Å². The molecule has 2 rings (SSSR count). The van der Waals surface area contributed by atoms with Crippen molar-refractivity contribution in [1.82, 2.24) is 9.78 Å². The number of hydrogen-bond acceptors (Lipinski definition) is 4. The molecule has 0 radical (unpaired) electrons. The van der Waals surface area contributed by atoms with Crippen molar-refractivity contribution in [2.75, 3.05) is 12.4 Å². The first-order chi connectivity index (χ1) is 9.63. The Morgan fingerprint density at radius 1 is 1.45 bits per heavy atom. The highest BCUT2D eigenvalue weighted by molar-refractivity contribution is 6.30.